The number of nitrogens with zero attached hydrogens (tertiary/aromatic N) is 3. The van der Waals surface area contributed by atoms with Gasteiger partial charge < -0.3 is 14.8 Å². The molecule has 0 fully saturated rings. The van der Waals surface area contributed by atoms with Crippen LogP contribution in [-0.4, -0.2) is 33.8 Å². The minimum Gasteiger partial charge on any atom is -0.454 e. The average Bonchev–Trinajstić information content (AvgIpc) is 3.43. The number of carbonyl (C=O) groups excluding carboxylic acids is 1. The lowest BCUT2D eigenvalue weighted by Gasteiger charge is -2.05. The van der Waals surface area contributed by atoms with E-state index in [4.69, 9.17) is 9.47 Å². The molecule has 0 aliphatic carbocycles. The number of nitrogens with one attached hydrogen (secondary N) is 1. The Bertz CT molecular complexity index is 1210. The van der Waals surface area contributed by atoms with E-state index in [1.807, 2.05) is 22.0 Å². The molecule has 1 N–H and O–H groups in total. The Balaban J connectivity index is 1.27. The molecule has 2 aromatic carbocycles. The zero-order chi connectivity index (χ0) is 19.8. The number of benzene rings is 2. The first kappa shape index (κ1) is 17.7. The van der Waals surface area contributed by atoms with Crippen molar-refractivity contribution >= 4 is 22.2 Å². The van der Waals surface area contributed by atoms with Crippen molar-refractivity contribution in [2.24, 2.45) is 0 Å². The van der Waals surface area contributed by atoms with Crippen LogP contribution in [0.1, 0.15) is 21.6 Å². The van der Waals surface area contributed by atoms with Crippen LogP contribution in [0.3, 0.4) is 0 Å². The lowest BCUT2D eigenvalue weighted by atomic mass is 10.1. The van der Waals surface area contributed by atoms with E-state index in [0.29, 0.717) is 35.9 Å². The number of hydrogen-bond acceptors (Lipinski definition) is 6. The van der Waals surface area contributed by atoms with Gasteiger partial charge in [0.05, 0.1) is 5.69 Å². The molecule has 1 aliphatic heterocycles. The summed E-state index contributed by atoms with van der Waals surface area (Å²) >= 11 is 1.55. The molecule has 0 bridgehead atoms. The summed E-state index contributed by atoms with van der Waals surface area (Å²) in [7, 11) is 0. The van der Waals surface area contributed by atoms with E-state index >= 15 is 0 Å². The second-order valence-electron chi connectivity index (χ2n) is 6.80. The van der Waals surface area contributed by atoms with Crippen molar-refractivity contribution in [1.29, 1.82) is 0 Å². The number of fused-ring (bicyclic) bond motifs is 2. The summed E-state index contributed by atoms with van der Waals surface area (Å²) in [5, 5.41) is 9.63. The van der Waals surface area contributed by atoms with E-state index in [2.05, 4.69) is 34.5 Å². The van der Waals surface area contributed by atoms with E-state index < -0.39 is 0 Å². The minimum absolute atomic E-state index is 0.145. The standard InChI is InChI=1S/C21H18N4O3S/c1-13-3-2-4-14(9-13)19-23-21-25(24-19)16(11-29-21)7-8-22-20(26)15-5-6-17-18(10-15)28-12-27-17/h2-6,9-11H,7-8,12H2,1H3,(H,22,26). The fraction of sp³-hybridized carbons (Fsp3) is 0.190. The van der Waals surface area contributed by atoms with Gasteiger partial charge in [-0.2, -0.15) is 4.98 Å². The third-order valence-corrected chi connectivity index (χ3v) is 5.59. The topological polar surface area (TPSA) is 77.8 Å². The molecule has 8 heteroatoms. The van der Waals surface area contributed by atoms with Crippen molar-refractivity contribution in [2.75, 3.05) is 13.3 Å². The summed E-state index contributed by atoms with van der Waals surface area (Å²) in [6.07, 6.45) is 0.660. The predicted octanol–water partition coefficient (Wildman–Crippen LogP) is 3.47. The van der Waals surface area contributed by atoms with Gasteiger partial charge in [-0.1, -0.05) is 23.8 Å². The number of aromatic nitrogens is 3. The second-order valence-corrected chi connectivity index (χ2v) is 7.64. The van der Waals surface area contributed by atoms with E-state index in [1.165, 1.54) is 5.56 Å². The van der Waals surface area contributed by atoms with Crippen molar-refractivity contribution in [3.05, 3.63) is 64.7 Å². The molecular weight excluding hydrogens is 388 g/mol. The van der Waals surface area contributed by atoms with Crippen LogP contribution in [0.25, 0.3) is 16.3 Å². The highest BCUT2D eigenvalue weighted by Gasteiger charge is 2.16. The van der Waals surface area contributed by atoms with Gasteiger partial charge in [-0.3, -0.25) is 4.79 Å². The van der Waals surface area contributed by atoms with Crippen molar-refractivity contribution in [3.8, 4) is 22.9 Å². The molecule has 3 heterocycles. The third kappa shape index (κ3) is 3.42. The molecule has 0 saturated carbocycles. The Morgan fingerprint density at radius 1 is 1.21 bits per heavy atom. The van der Waals surface area contributed by atoms with Crippen molar-refractivity contribution in [3.63, 3.8) is 0 Å². The van der Waals surface area contributed by atoms with Crippen LogP contribution in [0.5, 0.6) is 11.5 Å². The third-order valence-electron chi connectivity index (χ3n) is 4.73. The van der Waals surface area contributed by atoms with Crippen molar-refractivity contribution in [1.82, 2.24) is 19.9 Å². The minimum atomic E-state index is -0.145. The van der Waals surface area contributed by atoms with Crippen LogP contribution in [0.2, 0.25) is 0 Å². The Morgan fingerprint density at radius 2 is 2.10 bits per heavy atom. The van der Waals surface area contributed by atoms with E-state index in [1.54, 1.807) is 29.5 Å². The van der Waals surface area contributed by atoms with Gasteiger partial charge >= 0.3 is 0 Å². The molecule has 7 nitrogen and oxygen atoms in total. The fourth-order valence-electron chi connectivity index (χ4n) is 3.25. The SMILES string of the molecule is Cc1cccc(-c2nc3scc(CCNC(=O)c4ccc5c(c4)OCO5)n3n2)c1. The van der Waals surface area contributed by atoms with Gasteiger partial charge in [0.2, 0.25) is 11.8 Å². The first-order chi connectivity index (χ1) is 14.2. The summed E-state index contributed by atoms with van der Waals surface area (Å²) in [4.78, 5) is 17.9. The molecule has 0 saturated heterocycles. The maximum atomic E-state index is 12.4. The van der Waals surface area contributed by atoms with Gasteiger partial charge in [0, 0.05) is 29.5 Å². The first-order valence-corrected chi connectivity index (χ1v) is 10.1. The molecule has 0 radical (unpaired) electrons. The molecule has 0 unspecified atom stereocenters. The Hall–Kier alpha value is -3.39. The van der Waals surface area contributed by atoms with E-state index in [9.17, 15) is 4.79 Å². The molecular formula is C21H18N4O3S. The number of amides is 1. The first-order valence-electron chi connectivity index (χ1n) is 9.25. The molecule has 1 aliphatic rings. The second kappa shape index (κ2) is 7.21. The smallest absolute Gasteiger partial charge is 0.251 e. The van der Waals surface area contributed by atoms with Crippen molar-refractivity contribution < 1.29 is 14.3 Å². The van der Waals surface area contributed by atoms with Crippen LogP contribution in [-0.2, 0) is 6.42 Å². The zero-order valence-electron chi connectivity index (χ0n) is 15.7. The molecule has 29 heavy (non-hydrogen) atoms. The summed E-state index contributed by atoms with van der Waals surface area (Å²) in [5.41, 5.74) is 3.74. The molecule has 2 aromatic heterocycles. The molecule has 0 atom stereocenters. The summed E-state index contributed by atoms with van der Waals surface area (Å²) in [6, 6.07) is 13.3. The summed E-state index contributed by atoms with van der Waals surface area (Å²) in [6.45, 7) is 2.74. The van der Waals surface area contributed by atoms with Crippen molar-refractivity contribution in [2.45, 2.75) is 13.3 Å². The Morgan fingerprint density at radius 3 is 3.00 bits per heavy atom. The van der Waals surface area contributed by atoms with Crippen LogP contribution in [0.4, 0.5) is 0 Å². The van der Waals surface area contributed by atoms with Gasteiger partial charge in [0.15, 0.2) is 17.3 Å². The monoisotopic (exact) mass is 406 g/mol. The lowest BCUT2D eigenvalue weighted by molar-refractivity contribution is 0.0953. The molecule has 5 rings (SSSR count). The maximum Gasteiger partial charge on any atom is 0.251 e. The van der Waals surface area contributed by atoms with Gasteiger partial charge in [-0.25, -0.2) is 4.52 Å². The number of carbonyl (C=O) groups is 1. The quantitative estimate of drug-likeness (QED) is 0.549. The van der Waals surface area contributed by atoms with Gasteiger partial charge in [0.1, 0.15) is 0 Å². The van der Waals surface area contributed by atoms with Gasteiger partial charge in [0.25, 0.3) is 5.91 Å². The molecule has 1 amide bonds. The Kier molecular flexibility index (Phi) is 4.40. The summed E-state index contributed by atoms with van der Waals surface area (Å²) < 4.78 is 12.5. The molecule has 0 spiro atoms. The molecule has 4 aromatic rings. The normalized spacial score (nSPS) is 12.4. The number of hydrogen-bond donors (Lipinski definition) is 1. The Labute approximate surface area is 170 Å². The number of aryl methyl sites for hydroxylation is 1. The molecule has 146 valence electrons. The number of ether oxygens (including phenoxy) is 2. The van der Waals surface area contributed by atoms with E-state index in [0.717, 1.165) is 16.2 Å². The highest BCUT2D eigenvalue weighted by atomic mass is 32.1. The number of rotatable bonds is 5. The highest BCUT2D eigenvalue weighted by Crippen LogP contribution is 2.32. The van der Waals surface area contributed by atoms with Crippen LogP contribution >= 0.6 is 11.3 Å². The van der Waals surface area contributed by atoms with Crippen LogP contribution in [0, 0.1) is 6.92 Å². The predicted molar refractivity (Wildman–Crippen MR) is 110 cm³/mol. The number of thiazole rings is 1. The lowest BCUT2D eigenvalue weighted by Crippen LogP contribution is -2.26. The summed E-state index contributed by atoms with van der Waals surface area (Å²) in [5.74, 6) is 1.83. The largest absolute Gasteiger partial charge is 0.454 e. The van der Waals surface area contributed by atoms with E-state index in [-0.39, 0.29) is 12.7 Å². The van der Waals surface area contributed by atoms with Crippen LogP contribution in [0.15, 0.2) is 47.8 Å². The highest BCUT2D eigenvalue weighted by molar-refractivity contribution is 7.15. The van der Waals surface area contributed by atoms with Gasteiger partial charge in [-0.15, -0.1) is 16.4 Å². The van der Waals surface area contributed by atoms with Crippen LogP contribution < -0.4 is 14.8 Å². The fourth-order valence-corrected chi connectivity index (χ4v) is 4.10. The average molecular weight is 406 g/mol. The van der Waals surface area contributed by atoms with Gasteiger partial charge in [-0.05, 0) is 31.2 Å². The maximum absolute atomic E-state index is 12.4. The zero-order valence-corrected chi connectivity index (χ0v) is 16.5.